The molecule has 0 aliphatic heterocycles. The van der Waals surface area contributed by atoms with Crippen molar-refractivity contribution in [3.63, 3.8) is 0 Å². The maximum Gasteiger partial charge on any atom is 0.271 e. The van der Waals surface area contributed by atoms with Gasteiger partial charge in [0, 0.05) is 24.3 Å². The van der Waals surface area contributed by atoms with Crippen molar-refractivity contribution in [2.24, 2.45) is 0 Å². The van der Waals surface area contributed by atoms with E-state index in [9.17, 15) is 18.5 Å². The van der Waals surface area contributed by atoms with Gasteiger partial charge in [0.1, 0.15) is 0 Å². The number of nitrogens with zero attached hydrogens (tertiary/aromatic N) is 1. The lowest BCUT2D eigenvalue weighted by molar-refractivity contribution is -0.385. The Bertz CT molecular complexity index is 894. The van der Waals surface area contributed by atoms with Gasteiger partial charge in [-0.05, 0) is 38.0 Å². The minimum Gasteiger partial charge on any atom is -0.377 e. The van der Waals surface area contributed by atoms with Crippen molar-refractivity contribution in [2.45, 2.75) is 32.3 Å². The van der Waals surface area contributed by atoms with E-state index in [1.165, 1.54) is 6.07 Å². The molecule has 0 bridgehead atoms. The Hall–Kier alpha value is -2.45. The summed E-state index contributed by atoms with van der Waals surface area (Å²) in [6.07, 6.45) is 0. The second kappa shape index (κ2) is 7.62. The van der Waals surface area contributed by atoms with Crippen molar-refractivity contribution in [1.29, 1.82) is 0 Å². The zero-order chi connectivity index (χ0) is 18.6. The predicted molar refractivity (Wildman–Crippen MR) is 95.2 cm³/mol. The second-order valence-electron chi connectivity index (χ2n) is 5.54. The first-order valence-corrected chi connectivity index (χ1v) is 9.18. The number of nitro benzene ring substituents is 1. The number of nitrogens with one attached hydrogen (secondary N) is 1. The van der Waals surface area contributed by atoms with Crippen molar-refractivity contribution < 1.29 is 18.1 Å². The van der Waals surface area contributed by atoms with Crippen LogP contribution in [0.2, 0.25) is 0 Å². The molecule has 2 aromatic carbocycles. The van der Waals surface area contributed by atoms with Gasteiger partial charge in [-0.2, -0.15) is 0 Å². The number of anilines is 1. The molecule has 134 valence electrons. The normalized spacial score (nSPS) is 11.3. The highest BCUT2D eigenvalue weighted by atomic mass is 32.2. The van der Waals surface area contributed by atoms with E-state index < -0.39 is 14.9 Å². The third-order valence-electron chi connectivity index (χ3n) is 3.83. The van der Waals surface area contributed by atoms with Gasteiger partial charge in [-0.3, -0.25) is 14.8 Å². The Balaban J connectivity index is 2.46. The highest BCUT2D eigenvalue weighted by Gasteiger charge is 2.23. The van der Waals surface area contributed by atoms with Crippen LogP contribution in [0.25, 0.3) is 0 Å². The van der Waals surface area contributed by atoms with Gasteiger partial charge in [0.05, 0.1) is 22.1 Å². The second-order valence-corrected chi connectivity index (χ2v) is 7.19. The molecule has 0 heterocycles. The molecule has 7 nitrogen and oxygen atoms in total. The van der Waals surface area contributed by atoms with Gasteiger partial charge in [0.15, 0.2) is 0 Å². The molecule has 2 rings (SSSR count). The first kappa shape index (κ1) is 18.9. The average Bonchev–Trinajstić information content (AvgIpc) is 2.55. The number of nitro groups is 1. The molecule has 2 aromatic rings. The number of benzene rings is 2. The molecule has 0 atom stereocenters. The Kier molecular flexibility index (Phi) is 5.76. The third-order valence-corrected chi connectivity index (χ3v) is 5.32. The first-order chi connectivity index (χ1) is 11.8. The molecule has 8 heteroatoms. The van der Waals surface area contributed by atoms with Gasteiger partial charge in [-0.15, -0.1) is 0 Å². The molecular weight excluding hydrogens is 344 g/mol. The van der Waals surface area contributed by atoms with Crippen LogP contribution >= 0.6 is 0 Å². The van der Waals surface area contributed by atoms with Crippen LogP contribution in [0, 0.1) is 24.0 Å². The average molecular weight is 364 g/mol. The van der Waals surface area contributed by atoms with Crippen LogP contribution in [0.3, 0.4) is 0 Å². The molecule has 0 aliphatic carbocycles. The molecule has 0 aliphatic rings. The zero-order valence-corrected chi connectivity index (χ0v) is 15.1. The molecule has 0 aromatic heterocycles. The molecule has 0 unspecified atom stereocenters. The predicted octanol–water partition coefficient (Wildman–Crippen LogP) is 3.55. The molecule has 0 fully saturated rings. The number of rotatable bonds is 7. The van der Waals surface area contributed by atoms with Crippen molar-refractivity contribution in [3.8, 4) is 0 Å². The number of aryl methyl sites for hydroxylation is 1. The number of hydrogen-bond acceptors (Lipinski definition) is 5. The molecule has 0 spiro atoms. The minimum atomic E-state index is -3.98. The topological polar surface area (TPSA) is 98.5 Å². The van der Waals surface area contributed by atoms with Gasteiger partial charge in [-0.1, -0.05) is 18.2 Å². The molecule has 1 N–H and O–H groups in total. The Morgan fingerprint density at radius 1 is 1.20 bits per heavy atom. The highest BCUT2D eigenvalue weighted by Crippen LogP contribution is 2.28. The van der Waals surface area contributed by atoms with E-state index in [-0.39, 0.29) is 17.2 Å². The maximum atomic E-state index is 12.8. The van der Waals surface area contributed by atoms with Crippen molar-refractivity contribution >= 4 is 21.4 Å². The molecule has 25 heavy (non-hydrogen) atoms. The highest BCUT2D eigenvalue weighted by molar-refractivity contribution is 7.92. The van der Waals surface area contributed by atoms with Crippen molar-refractivity contribution in [1.82, 2.24) is 0 Å². The Morgan fingerprint density at radius 2 is 1.88 bits per heavy atom. The monoisotopic (exact) mass is 364 g/mol. The molecule has 0 amide bonds. The number of para-hydroxylation sites is 1. The van der Waals surface area contributed by atoms with Gasteiger partial charge in [0.2, 0.25) is 0 Å². The number of ether oxygens (including phenoxy) is 1. The quantitative estimate of drug-likeness (QED) is 0.598. The third kappa shape index (κ3) is 4.34. The Morgan fingerprint density at radius 3 is 2.52 bits per heavy atom. The van der Waals surface area contributed by atoms with Crippen LogP contribution in [0.1, 0.15) is 23.6 Å². The lowest BCUT2D eigenvalue weighted by Crippen LogP contribution is -2.16. The molecule has 0 radical (unpaired) electrons. The van der Waals surface area contributed by atoms with Crippen molar-refractivity contribution in [2.75, 3.05) is 11.3 Å². The lowest BCUT2D eigenvalue weighted by Gasteiger charge is -2.15. The standard InChI is InChI=1S/C17H20N2O5S/c1-4-24-11-14-7-5-6-8-16(14)18-25(22,23)17-10-15(19(20)21)9-12(2)13(17)3/h5-10,18H,4,11H2,1-3H3. The lowest BCUT2D eigenvalue weighted by atomic mass is 10.1. The Labute approximate surface area is 146 Å². The summed E-state index contributed by atoms with van der Waals surface area (Å²) >= 11 is 0. The SMILES string of the molecule is CCOCc1ccccc1NS(=O)(=O)c1cc([N+](=O)[O-])cc(C)c1C. The summed E-state index contributed by atoms with van der Waals surface area (Å²) in [6, 6.07) is 9.32. The van der Waals surface area contributed by atoms with Crippen molar-refractivity contribution in [3.05, 3.63) is 63.2 Å². The van der Waals surface area contributed by atoms with E-state index in [1.807, 2.05) is 6.92 Å². The number of sulfonamides is 1. The van der Waals surface area contributed by atoms with Gasteiger partial charge >= 0.3 is 0 Å². The summed E-state index contributed by atoms with van der Waals surface area (Å²) in [6.45, 7) is 5.89. The minimum absolute atomic E-state index is 0.106. The summed E-state index contributed by atoms with van der Waals surface area (Å²) in [5, 5.41) is 11.0. The molecule has 0 saturated heterocycles. The number of non-ortho nitro benzene ring substituents is 1. The first-order valence-electron chi connectivity index (χ1n) is 7.70. The zero-order valence-electron chi connectivity index (χ0n) is 14.3. The van der Waals surface area contributed by atoms with Crippen LogP contribution in [-0.4, -0.2) is 19.9 Å². The summed E-state index contributed by atoms with van der Waals surface area (Å²) in [5.41, 5.74) is 1.83. The summed E-state index contributed by atoms with van der Waals surface area (Å²) in [4.78, 5) is 10.3. The molecular formula is C17H20N2O5S. The fraction of sp³-hybridized carbons (Fsp3) is 0.294. The fourth-order valence-electron chi connectivity index (χ4n) is 2.35. The van der Waals surface area contributed by atoms with E-state index in [0.29, 0.717) is 29.0 Å². The van der Waals surface area contributed by atoms with Gasteiger partial charge in [0.25, 0.3) is 15.7 Å². The maximum absolute atomic E-state index is 12.8. The van der Waals surface area contributed by atoms with Gasteiger partial charge in [-0.25, -0.2) is 8.42 Å². The van der Waals surface area contributed by atoms with E-state index in [2.05, 4.69) is 4.72 Å². The van der Waals surface area contributed by atoms with E-state index in [0.717, 1.165) is 6.07 Å². The largest absolute Gasteiger partial charge is 0.377 e. The van der Waals surface area contributed by atoms with Crippen LogP contribution < -0.4 is 4.72 Å². The summed E-state index contributed by atoms with van der Waals surface area (Å²) < 4.78 is 33.5. The smallest absolute Gasteiger partial charge is 0.271 e. The summed E-state index contributed by atoms with van der Waals surface area (Å²) in [7, 11) is -3.98. The van der Waals surface area contributed by atoms with Crippen LogP contribution in [0.4, 0.5) is 11.4 Å². The fourth-order valence-corrected chi connectivity index (χ4v) is 3.79. The molecule has 0 saturated carbocycles. The van der Waals surface area contributed by atoms with Crippen LogP contribution in [0.5, 0.6) is 0 Å². The summed E-state index contributed by atoms with van der Waals surface area (Å²) in [5.74, 6) is 0. The van der Waals surface area contributed by atoms with Gasteiger partial charge < -0.3 is 4.74 Å². The number of hydrogen-bond donors (Lipinski definition) is 1. The van der Waals surface area contributed by atoms with Crippen LogP contribution in [0.15, 0.2) is 41.3 Å². The van der Waals surface area contributed by atoms with E-state index in [1.54, 1.807) is 38.1 Å². The van der Waals surface area contributed by atoms with E-state index >= 15 is 0 Å². The van der Waals surface area contributed by atoms with Crippen LogP contribution in [-0.2, 0) is 21.4 Å². The van der Waals surface area contributed by atoms with E-state index in [4.69, 9.17) is 4.74 Å².